The van der Waals surface area contributed by atoms with Crippen molar-refractivity contribution in [1.82, 2.24) is 4.72 Å². The van der Waals surface area contributed by atoms with Crippen molar-refractivity contribution in [2.75, 3.05) is 25.1 Å². The SMILES string of the molecule is CC(=O)Nc1ccc(S(=O)(=O)NCC(=O)OCCOc2ccccc2Cl)cc1. The number of carbonyl (C=O) groups excluding carboxylic acids is 2. The fourth-order valence-electron chi connectivity index (χ4n) is 2.08. The Morgan fingerprint density at radius 1 is 1.04 bits per heavy atom. The lowest BCUT2D eigenvalue weighted by Gasteiger charge is -2.10. The van der Waals surface area contributed by atoms with Crippen molar-refractivity contribution in [2.24, 2.45) is 0 Å². The molecule has 0 bridgehead atoms. The lowest BCUT2D eigenvalue weighted by Crippen LogP contribution is -2.31. The van der Waals surface area contributed by atoms with Crippen LogP contribution in [0.25, 0.3) is 0 Å². The summed E-state index contributed by atoms with van der Waals surface area (Å²) in [6.07, 6.45) is 0. The first kappa shape index (κ1) is 21.7. The number of nitrogens with one attached hydrogen (secondary N) is 2. The van der Waals surface area contributed by atoms with E-state index in [2.05, 4.69) is 10.0 Å². The first-order valence-electron chi connectivity index (χ1n) is 8.18. The van der Waals surface area contributed by atoms with Gasteiger partial charge in [-0.25, -0.2) is 8.42 Å². The molecule has 1 amide bonds. The Kier molecular flexibility index (Phi) is 7.80. The molecule has 10 heteroatoms. The quantitative estimate of drug-likeness (QED) is 0.469. The highest BCUT2D eigenvalue weighted by atomic mass is 35.5. The van der Waals surface area contributed by atoms with Crippen LogP contribution in [0.5, 0.6) is 5.75 Å². The van der Waals surface area contributed by atoms with E-state index in [0.717, 1.165) is 0 Å². The second-order valence-corrected chi connectivity index (χ2v) is 7.70. The van der Waals surface area contributed by atoms with E-state index >= 15 is 0 Å². The van der Waals surface area contributed by atoms with Crippen molar-refractivity contribution in [3.8, 4) is 5.75 Å². The topological polar surface area (TPSA) is 111 Å². The van der Waals surface area contributed by atoms with Crippen LogP contribution >= 0.6 is 11.6 Å². The minimum Gasteiger partial charge on any atom is -0.488 e. The van der Waals surface area contributed by atoms with E-state index in [0.29, 0.717) is 16.5 Å². The fourth-order valence-corrected chi connectivity index (χ4v) is 3.24. The Balaban J connectivity index is 1.76. The molecule has 0 saturated carbocycles. The highest BCUT2D eigenvalue weighted by Gasteiger charge is 2.16. The van der Waals surface area contributed by atoms with Crippen molar-refractivity contribution in [1.29, 1.82) is 0 Å². The van der Waals surface area contributed by atoms with Crippen molar-refractivity contribution < 1.29 is 27.5 Å². The van der Waals surface area contributed by atoms with Crippen molar-refractivity contribution in [3.05, 3.63) is 53.6 Å². The third-order valence-corrected chi connectivity index (χ3v) is 5.06. The highest BCUT2D eigenvalue weighted by Crippen LogP contribution is 2.22. The number of hydrogen-bond donors (Lipinski definition) is 2. The second kappa shape index (κ2) is 10.1. The average molecular weight is 427 g/mol. The molecule has 0 heterocycles. The minimum atomic E-state index is -3.89. The summed E-state index contributed by atoms with van der Waals surface area (Å²) in [6.45, 7) is 0.837. The van der Waals surface area contributed by atoms with E-state index in [1.807, 2.05) is 0 Å². The van der Waals surface area contributed by atoms with Crippen LogP contribution in [0.4, 0.5) is 5.69 Å². The zero-order valence-corrected chi connectivity index (χ0v) is 16.5. The molecule has 0 aliphatic rings. The van der Waals surface area contributed by atoms with Crippen LogP contribution in [0.3, 0.4) is 0 Å². The first-order chi connectivity index (χ1) is 13.3. The van der Waals surface area contributed by atoms with Crippen LogP contribution in [-0.2, 0) is 24.3 Å². The van der Waals surface area contributed by atoms with Gasteiger partial charge in [0.25, 0.3) is 0 Å². The molecule has 2 aromatic rings. The van der Waals surface area contributed by atoms with E-state index in [4.69, 9.17) is 21.1 Å². The van der Waals surface area contributed by atoms with E-state index in [-0.39, 0.29) is 24.0 Å². The number of anilines is 1. The number of halogens is 1. The number of hydrogen-bond acceptors (Lipinski definition) is 6. The lowest BCUT2D eigenvalue weighted by atomic mass is 10.3. The van der Waals surface area contributed by atoms with Gasteiger partial charge in [-0.2, -0.15) is 4.72 Å². The normalized spacial score (nSPS) is 10.9. The maximum atomic E-state index is 12.2. The Bertz CT molecular complexity index is 931. The molecule has 2 rings (SSSR count). The highest BCUT2D eigenvalue weighted by molar-refractivity contribution is 7.89. The number of amides is 1. The van der Waals surface area contributed by atoms with Crippen LogP contribution in [-0.4, -0.2) is 40.1 Å². The maximum absolute atomic E-state index is 12.2. The summed E-state index contributed by atoms with van der Waals surface area (Å²) in [5, 5.41) is 2.97. The Labute approximate surface area is 167 Å². The molecule has 0 fully saturated rings. The van der Waals surface area contributed by atoms with Gasteiger partial charge in [0.2, 0.25) is 15.9 Å². The monoisotopic (exact) mass is 426 g/mol. The van der Waals surface area contributed by atoms with E-state index in [1.54, 1.807) is 24.3 Å². The van der Waals surface area contributed by atoms with Crippen molar-refractivity contribution in [3.63, 3.8) is 0 Å². The number of benzene rings is 2. The smallest absolute Gasteiger partial charge is 0.321 e. The molecule has 0 atom stereocenters. The molecule has 0 aromatic heterocycles. The van der Waals surface area contributed by atoms with Crippen molar-refractivity contribution in [2.45, 2.75) is 11.8 Å². The van der Waals surface area contributed by atoms with Gasteiger partial charge in [-0.3, -0.25) is 9.59 Å². The van der Waals surface area contributed by atoms with Crippen LogP contribution in [0, 0.1) is 0 Å². The summed E-state index contributed by atoms with van der Waals surface area (Å²) in [7, 11) is -3.89. The van der Waals surface area contributed by atoms with Gasteiger partial charge in [0.05, 0.1) is 9.92 Å². The van der Waals surface area contributed by atoms with Gasteiger partial charge >= 0.3 is 5.97 Å². The predicted molar refractivity (Wildman–Crippen MR) is 104 cm³/mol. The summed E-state index contributed by atoms with van der Waals surface area (Å²) in [4.78, 5) is 22.6. The minimum absolute atomic E-state index is 0.0449. The number of sulfonamides is 1. The van der Waals surface area contributed by atoms with Gasteiger partial charge in [0, 0.05) is 12.6 Å². The number of para-hydroxylation sites is 1. The van der Waals surface area contributed by atoms with Crippen molar-refractivity contribution >= 4 is 39.2 Å². The summed E-state index contributed by atoms with van der Waals surface area (Å²) in [5.41, 5.74) is 0.462. The second-order valence-electron chi connectivity index (χ2n) is 5.53. The molecule has 0 saturated heterocycles. The van der Waals surface area contributed by atoms with Gasteiger partial charge in [0.1, 0.15) is 25.5 Å². The van der Waals surface area contributed by atoms with Gasteiger partial charge in [0.15, 0.2) is 0 Å². The summed E-state index contributed by atoms with van der Waals surface area (Å²) in [5.74, 6) is -0.556. The van der Waals surface area contributed by atoms with E-state index in [1.165, 1.54) is 31.2 Å². The molecule has 0 radical (unpaired) electrons. The summed E-state index contributed by atoms with van der Waals surface area (Å²) in [6, 6.07) is 12.4. The van der Waals surface area contributed by atoms with E-state index < -0.39 is 22.5 Å². The molecule has 150 valence electrons. The van der Waals surface area contributed by atoms with E-state index in [9.17, 15) is 18.0 Å². The zero-order valence-electron chi connectivity index (χ0n) is 15.0. The number of esters is 1. The molecule has 2 aromatic carbocycles. The Morgan fingerprint density at radius 2 is 1.71 bits per heavy atom. The number of rotatable bonds is 9. The maximum Gasteiger partial charge on any atom is 0.321 e. The molecule has 2 N–H and O–H groups in total. The molecule has 0 aliphatic heterocycles. The molecular formula is C18H19ClN2O6S. The third kappa shape index (κ3) is 6.84. The van der Waals surface area contributed by atoms with Crippen LogP contribution in [0.1, 0.15) is 6.92 Å². The molecule has 0 unspecified atom stereocenters. The average Bonchev–Trinajstić information content (AvgIpc) is 2.65. The number of ether oxygens (including phenoxy) is 2. The summed E-state index contributed by atoms with van der Waals surface area (Å²) < 4.78 is 36.8. The molecule has 0 aliphatic carbocycles. The van der Waals surface area contributed by atoms with Crippen LogP contribution in [0.2, 0.25) is 5.02 Å². The first-order valence-corrected chi connectivity index (χ1v) is 10.0. The van der Waals surface area contributed by atoms with Gasteiger partial charge in [-0.05, 0) is 36.4 Å². The van der Waals surface area contributed by atoms with Crippen LogP contribution in [0.15, 0.2) is 53.4 Å². The van der Waals surface area contributed by atoms with Gasteiger partial charge in [-0.15, -0.1) is 0 Å². The largest absolute Gasteiger partial charge is 0.488 e. The molecule has 0 spiro atoms. The number of carbonyl (C=O) groups is 2. The van der Waals surface area contributed by atoms with Gasteiger partial charge in [-0.1, -0.05) is 23.7 Å². The summed E-state index contributed by atoms with van der Waals surface area (Å²) >= 11 is 5.93. The van der Waals surface area contributed by atoms with Gasteiger partial charge < -0.3 is 14.8 Å². The fraction of sp³-hybridized carbons (Fsp3) is 0.222. The standard InChI is InChI=1S/C18H19ClN2O6S/c1-13(22)21-14-6-8-15(9-7-14)28(24,25)20-12-18(23)27-11-10-26-17-5-3-2-4-16(17)19/h2-9,20H,10-12H2,1H3,(H,21,22). The Morgan fingerprint density at radius 3 is 2.36 bits per heavy atom. The lowest BCUT2D eigenvalue weighted by molar-refractivity contribution is -0.142. The van der Waals surface area contributed by atoms with Crippen LogP contribution < -0.4 is 14.8 Å². The molecule has 28 heavy (non-hydrogen) atoms. The Hall–Kier alpha value is -2.62. The zero-order chi connectivity index (χ0) is 20.6. The predicted octanol–water partition coefficient (Wildman–Crippen LogP) is 2.20. The molecular weight excluding hydrogens is 408 g/mol. The third-order valence-electron chi connectivity index (χ3n) is 3.33. The molecule has 8 nitrogen and oxygen atoms in total.